The molecule has 0 saturated carbocycles. The molecule has 0 amide bonds. The molecule has 0 aliphatic carbocycles. The van der Waals surface area contributed by atoms with Gasteiger partial charge in [-0.3, -0.25) is 4.79 Å². The largest absolute Gasteiger partial charge is 0.325 e. The summed E-state index contributed by atoms with van der Waals surface area (Å²) in [7, 11) is 0. The zero-order chi connectivity index (χ0) is 8.27. The molecule has 0 radical (unpaired) electrons. The maximum absolute atomic E-state index is 12.6. The summed E-state index contributed by atoms with van der Waals surface area (Å²) < 4.78 is 21.1. The van der Waals surface area contributed by atoms with E-state index in [1.807, 2.05) is 0 Å². The highest BCUT2D eigenvalue weighted by Crippen LogP contribution is 2.16. The fourth-order valence-electron chi connectivity index (χ4n) is 0.669. The van der Waals surface area contributed by atoms with Crippen molar-refractivity contribution in [1.82, 2.24) is 0 Å². The highest BCUT2D eigenvalue weighted by molar-refractivity contribution is 7.93. The van der Waals surface area contributed by atoms with Gasteiger partial charge in [-0.25, -0.2) is 4.39 Å². The Morgan fingerprint density at radius 1 is 1.55 bits per heavy atom. The van der Waals surface area contributed by atoms with Gasteiger partial charge < -0.3 is 4.55 Å². The molecule has 0 bridgehead atoms. The van der Waals surface area contributed by atoms with Crippen molar-refractivity contribution in [2.75, 3.05) is 0 Å². The van der Waals surface area contributed by atoms with E-state index < -0.39 is 5.82 Å². The van der Waals surface area contributed by atoms with Crippen molar-refractivity contribution in [2.24, 2.45) is 0 Å². The maximum Gasteiger partial charge on any atom is 0.153 e. The van der Waals surface area contributed by atoms with E-state index in [0.717, 1.165) is 6.07 Å². The van der Waals surface area contributed by atoms with Crippen molar-refractivity contribution in [3.63, 3.8) is 0 Å². The van der Waals surface area contributed by atoms with Gasteiger partial charge in [0.05, 0.1) is 5.56 Å². The molecule has 0 unspecified atom stereocenters. The first-order valence-electron chi connectivity index (χ1n) is 2.84. The molecule has 1 aromatic carbocycles. The summed E-state index contributed by atoms with van der Waals surface area (Å²) in [6, 6.07) is 3.82. The van der Waals surface area contributed by atoms with Gasteiger partial charge in [0.15, 0.2) is 6.29 Å². The summed E-state index contributed by atoms with van der Waals surface area (Å²) in [6.45, 7) is 0. The number of benzene rings is 1. The Balaban J connectivity index is 3.12. The monoisotopic (exact) mass is 172 g/mol. The van der Waals surface area contributed by atoms with Crippen LogP contribution in [0.2, 0.25) is 0 Å². The first kappa shape index (κ1) is 8.23. The lowest BCUT2D eigenvalue weighted by molar-refractivity contribution is 0.111. The Hall–Kier alpha value is -0.870. The highest BCUT2D eigenvalue weighted by Gasteiger charge is 2.01. The standard InChI is InChI=1S/C7H5FO2S/c8-7-2-1-6(11-10)3-5(7)4-9/h1-4,10H. The molecule has 0 spiro atoms. The van der Waals surface area contributed by atoms with Crippen LogP contribution in [0.5, 0.6) is 0 Å². The van der Waals surface area contributed by atoms with Crippen molar-refractivity contribution >= 4 is 18.3 Å². The van der Waals surface area contributed by atoms with E-state index in [0.29, 0.717) is 23.2 Å². The van der Waals surface area contributed by atoms with Crippen LogP contribution in [0.3, 0.4) is 0 Å². The number of halogens is 1. The summed E-state index contributed by atoms with van der Waals surface area (Å²) in [5, 5.41) is 0. The molecule has 1 aromatic rings. The van der Waals surface area contributed by atoms with Crippen LogP contribution in [-0.4, -0.2) is 10.8 Å². The Bertz CT molecular complexity index is 275. The molecular weight excluding hydrogens is 167 g/mol. The van der Waals surface area contributed by atoms with Crippen LogP contribution in [0.15, 0.2) is 23.1 Å². The number of hydrogen-bond acceptors (Lipinski definition) is 3. The van der Waals surface area contributed by atoms with Gasteiger partial charge in [0.25, 0.3) is 0 Å². The molecule has 0 aliphatic rings. The summed E-state index contributed by atoms with van der Waals surface area (Å²) in [6.07, 6.45) is 0.412. The zero-order valence-electron chi connectivity index (χ0n) is 5.45. The van der Waals surface area contributed by atoms with Gasteiger partial charge in [-0.2, -0.15) is 0 Å². The molecule has 1 rings (SSSR count). The smallest absolute Gasteiger partial charge is 0.153 e. The van der Waals surface area contributed by atoms with Crippen molar-refractivity contribution in [1.29, 1.82) is 0 Å². The predicted octanol–water partition coefficient (Wildman–Crippen LogP) is 2.20. The van der Waals surface area contributed by atoms with Gasteiger partial charge in [-0.15, -0.1) is 0 Å². The summed E-state index contributed by atoms with van der Waals surface area (Å²) in [5.41, 5.74) is -0.0379. The van der Waals surface area contributed by atoms with Crippen LogP contribution in [0.4, 0.5) is 4.39 Å². The molecule has 1 N–H and O–H groups in total. The lowest BCUT2D eigenvalue weighted by Crippen LogP contribution is -1.86. The summed E-state index contributed by atoms with van der Waals surface area (Å²) >= 11 is 0.481. The van der Waals surface area contributed by atoms with Gasteiger partial charge in [0, 0.05) is 16.9 Å². The Morgan fingerprint density at radius 3 is 2.82 bits per heavy atom. The molecule has 0 atom stereocenters. The average molecular weight is 172 g/mol. The number of carbonyl (C=O) groups is 1. The molecule has 11 heavy (non-hydrogen) atoms. The molecule has 0 heterocycles. The third-order valence-corrected chi connectivity index (χ3v) is 1.66. The number of carbonyl (C=O) groups excluding carboxylic acids is 1. The van der Waals surface area contributed by atoms with Gasteiger partial charge in [0.1, 0.15) is 5.82 Å². The van der Waals surface area contributed by atoms with E-state index in [9.17, 15) is 9.18 Å². The van der Waals surface area contributed by atoms with Crippen LogP contribution in [0.25, 0.3) is 0 Å². The SMILES string of the molecule is O=Cc1cc(SO)ccc1F. The predicted molar refractivity (Wildman–Crippen MR) is 40.3 cm³/mol. The summed E-state index contributed by atoms with van der Waals surface area (Å²) in [4.78, 5) is 10.6. The van der Waals surface area contributed by atoms with E-state index in [-0.39, 0.29) is 5.56 Å². The lowest BCUT2D eigenvalue weighted by Gasteiger charge is -1.96. The molecule has 0 aromatic heterocycles. The van der Waals surface area contributed by atoms with Gasteiger partial charge in [-0.1, -0.05) is 0 Å². The van der Waals surface area contributed by atoms with Gasteiger partial charge in [0.2, 0.25) is 0 Å². The van der Waals surface area contributed by atoms with Gasteiger partial charge in [-0.05, 0) is 18.2 Å². The Kier molecular flexibility index (Phi) is 2.62. The first-order valence-corrected chi connectivity index (χ1v) is 3.61. The number of hydrogen-bond donors (Lipinski definition) is 1. The minimum Gasteiger partial charge on any atom is -0.325 e. The molecule has 0 saturated heterocycles. The van der Waals surface area contributed by atoms with E-state index in [1.165, 1.54) is 12.1 Å². The molecule has 0 aliphatic heterocycles. The van der Waals surface area contributed by atoms with Crippen LogP contribution in [0, 0.1) is 5.82 Å². The van der Waals surface area contributed by atoms with Crippen LogP contribution < -0.4 is 0 Å². The molecule has 2 nitrogen and oxygen atoms in total. The highest BCUT2D eigenvalue weighted by atomic mass is 32.2. The van der Waals surface area contributed by atoms with Crippen LogP contribution in [0.1, 0.15) is 10.4 Å². The second-order valence-corrected chi connectivity index (χ2v) is 2.55. The Labute approximate surface area is 67.2 Å². The van der Waals surface area contributed by atoms with E-state index >= 15 is 0 Å². The minimum atomic E-state index is -0.571. The third kappa shape index (κ3) is 1.78. The quantitative estimate of drug-likeness (QED) is 0.549. The van der Waals surface area contributed by atoms with Crippen molar-refractivity contribution in [2.45, 2.75) is 4.90 Å². The molecule has 4 heteroatoms. The van der Waals surface area contributed by atoms with Crippen LogP contribution in [-0.2, 0) is 0 Å². The van der Waals surface area contributed by atoms with Crippen molar-refractivity contribution in [3.8, 4) is 0 Å². The Morgan fingerprint density at radius 2 is 2.27 bits per heavy atom. The minimum absolute atomic E-state index is 0.0379. The number of rotatable bonds is 2. The van der Waals surface area contributed by atoms with E-state index in [2.05, 4.69) is 0 Å². The number of aldehydes is 1. The summed E-state index contributed by atoms with van der Waals surface area (Å²) in [5.74, 6) is -0.571. The maximum atomic E-state index is 12.6. The van der Waals surface area contributed by atoms with E-state index in [4.69, 9.17) is 4.55 Å². The molecule has 58 valence electrons. The molecule has 0 fully saturated rings. The molecular formula is C7H5FO2S. The lowest BCUT2D eigenvalue weighted by atomic mass is 10.2. The van der Waals surface area contributed by atoms with E-state index in [1.54, 1.807) is 0 Å². The third-order valence-electron chi connectivity index (χ3n) is 1.20. The fourth-order valence-corrected chi connectivity index (χ4v) is 0.978. The second kappa shape index (κ2) is 3.50. The van der Waals surface area contributed by atoms with Crippen LogP contribution >= 0.6 is 12.0 Å². The average Bonchev–Trinajstić information content (AvgIpc) is 2.05. The fraction of sp³-hybridized carbons (Fsp3) is 0. The topological polar surface area (TPSA) is 37.3 Å². The normalized spacial score (nSPS) is 9.64. The zero-order valence-corrected chi connectivity index (χ0v) is 6.27. The second-order valence-electron chi connectivity index (χ2n) is 1.89. The first-order chi connectivity index (χ1) is 5.27. The van der Waals surface area contributed by atoms with Crippen molar-refractivity contribution in [3.05, 3.63) is 29.6 Å². The van der Waals surface area contributed by atoms with Gasteiger partial charge >= 0.3 is 0 Å². The van der Waals surface area contributed by atoms with Crippen molar-refractivity contribution < 1.29 is 13.7 Å².